The van der Waals surface area contributed by atoms with Gasteiger partial charge in [0.25, 0.3) is 0 Å². The van der Waals surface area contributed by atoms with Gasteiger partial charge in [0, 0.05) is 23.9 Å². The van der Waals surface area contributed by atoms with Gasteiger partial charge >= 0.3 is 0 Å². The van der Waals surface area contributed by atoms with Gasteiger partial charge in [-0.25, -0.2) is 15.0 Å². The highest BCUT2D eigenvalue weighted by atomic mass is 16.5. The van der Waals surface area contributed by atoms with Gasteiger partial charge in [-0.05, 0) is 30.9 Å². The van der Waals surface area contributed by atoms with E-state index in [9.17, 15) is 10.2 Å². The lowest BCUT2D eigenvalue weighted by atomic mass is 10.0. The number of rotatable bonds is 3. The highest BCUT2D eigenvalue weighted by molar-refractivity contribution is 5.53. The number of pyridine rings is 1. The van der Waals surface area contributed by atoms with Crippen LogP contribution in [0.2, 0.25) is 0 Å². The van der Waals surface area contributed by atoms with Crippen molar-refractivity contribution in [3.63, 3.8) is 0 Å². The van der Waals surface area contributed by atoms with Crippen molar-refractivity contribution < 1.29 is 14.9 Å². The van der Waals surface area contributed by atoms with Gasteiger partial charge in [-0.15, -0.1) is 0 Å². The number of nitrogens with two attached hydrogens (primary N) is 1. The summed E-state index contributed by atoms with van der Waals surface area (Å²) in [5.41, 5.74) is 7.65. The van der Waals surface area contributed by atoms with Crippen molar-refractivity contribution in [2.75, 3.05) is 5.73 Å². The second-order valence-electron chi connectivity index (χ2n) is 6.48. The summed E-state index contributed by atoms with van der Waals surface area (Å²) in [6, 6.07) is 5.92. The molecule has 0 aliphatic heterocycles. The lowest BCUT2D eigenvalue weighted by molar-refractivity contribution is 0.449. The second kappa shape index (κ2) is 7.84. The number of aromatic nitrogens is 3. The highest BCUT2D eigenvalue weighted by Crippen LogP contribution is 2.32. The summed E-state index contributed by atoms with van der Waals surface area (Å²) in [5.74, 6) is 7.48. The van der Waals surface area contributed by atoms with Gasteiger partial charge < -0.3 is 20.7 Å². The van der Waals surface area contributed by atoms with Gasteiger partial charge in [0.2, 0.25) is 0 Å². The smallest absolute Gasteiger partial charge is 0.187 e. The Bertz CT molecular complexity index is 1080. The fourth-order valence-electron chi connectivity index (χ4n) is 2.47. The quantitative estimate of drug-likeness (QED) is 0.599. The number of nitrogen functional groups attached to an aromatic ring is 1. The van der Waals surface area contributed by atoms with Crippen LogP contribution in [0.25, 0.3) is 0 Å². The zero-order valence-electron chi connectivity index (χ0n) is 15.8. The molecule has 3 aromatic rings. The zero-order chi connectivity index (χ0) is 20.3. The van der Waals surface area contributed by atoms with Crippen LogP contribution >= 0.6 is 0 Å². The summed E-state index contributed by atoms with van der Waals surface area (Å²) in [6.07, 6.45) is 3.23. The van der Waals surface area contributed by atoms with Crippen LogP contribution < -0.4 is 10.5 Å². The summed E-state index contributed by atoms with van der Waals surface area (Å²) in [5, 5.41) is 19.2. The van der Waals surface area contributed by atoms with Gasteiger partial charge in [0.15, 0.2) is 11.6 Å². The number of aryl methyl sites for hydroxylation is 1. The molecule has 0 radical (unpaired) electrons. The molecule has 28 heavy (non-hydrogen) atoms. The van der Waals surface area contributed by atoms with Crippen LogP contribution in [0.4, 0.5) is 5.82 Å². The molecule has 142 valence electrons. The molecule has 4 N–H and O–H groups in total. The van der Waals surface area contributed by atoms with Crippen LogP contribution in [0.5, 0.6) is 23.0 Å². The van der Waals surface area contributed by atoms with Crippen molar-refractivity contribution in [3.05, 3.63) is 59.3 Å². The molecule has 3 rings (SSSR count). The highest BCUT2D eigenvalue weighted by Gasteiger charge is 2.13. The molecule has 0 atom stereocenters. The molecule has 0 saturated heterocycles. The fraction of sp³-hybridized carbons (Fsp3) is 0.190. The average molecular weight is 376 g/mol. The number of phenolic OH excluding ortho intramolecular Hbond substituents is 2. The fourth-order valence-corrected chi connectivity index (χ4v) is 2.47. The molecule has 0 aliphatic rings. The number of ether oxygens (including phenoxy) is 1. The Kier molecular flexibility index (Phi) is 5.32. The third kappa shape index (κ3) is 4.30. The number of nitrogens with zero attached hydrogens (tertiary/aromatic N) is 3. The maximum absolute atomic E-state index is 9.85. The van der Waals surface area contributed by atoms with Crippen molar-refractivity contribution in [2.24, 2.45) is 0 Å². The van der Waals surface area contributed by atoms with Gasteiger partial charge in [-0.2, -0.15) is 0 Å². The van der Waals surface area contributed by atoms with Crippen molar-refractivity contribution in [1.82, 2.24) is 15.0 Å². The first-order chi connectivity index (χ1) is 13.3. The predicted octanol–water partition coefficient (Wildman–Crippen LogP) is 3.49. The van der Waals surface area contributed by atoms with Crippen LogP contribution in [0.1, 0.15) is 42.4 Å². The number of phenols is 2. The molecule has 0 spiro atoms. The Labute approximate surface area is 162 Å². The number of hydrogen-bond acceptors (Lipinski definition) is 7. The Balaban J connectivity index is 1.97. The minimum atomic E-state index is -0.104. The average Bonchev–Trinajstić information content (AvgIpc) is 2.63. The van der Waals surface area contributed by atoms with Crippen LogP contribution in [0.3, 0.4) is 0 Å². The number of hydrogen-bond donors (Lipinski definition) is 3. The van der Waals surface area contributed by atoms with Crippen molar-refractivity contribution in [1.29, 1.82) is 0 Å². The van der Waals surface area contributed by atoms with Gasteiger partial charge in [0.1, 0.15) is 28.8 Å². The Hall–Kier alpha value is -3.79. The van der Waals surface area contributed by atoms with E-state index in [0.29, 0.717) is 28.6 Å². The standard InChI is InChI=1S/C21H20N4O3/c1-12(2)17-10-24-15(6-4-14-5-7-16(26)9-18(14)27)8-19(17)28-20-11-23-13(3)25-21(20)22/h5,7-12,26-27H,1-3H3,(H2,22,23,25). The Morgan fingerprint density at radius 1 is 1.04 bits per heavy atom. The third-order valence-electron chi connectivity index (χ3n) is 3.95. The van der Waals surface area contributed by atoms with Gasteiger partial charge in [-0.1, -0.05) is 19.8 Å². The monoisotopic (exact) mass is 376 g/mol. The Morgan fingerprint density at radius 3 is 2.50 bits per heavy atom. The van der Waals surface area contributed by atoms with E-state index in [-0.39, 0.29) is 23.2 Å². The predicted molar refractivity (Wildman–Crippen MR) is 105 cm³/mol. The molecule has 7 heteroatoms. The normalized spacial score (nSPS) is 10.4. The molecule has 7 nitrogen and oxygen atoms in total. The van der Waals surface area contributed by atoms with Gasteiger partial charge in [0.05, 0.1) is 11.8 Å². The minimum Gasteiger partial charge on any atom is -0.508 e. The summed E-state index contributed by atoms with van der Waals surface area (Å²) < 4.78 is 5.95. The SMILES string of the molecule is Cc1ncc(Oc2cc(C#Cc3ccc(O)cc3O)ncc2C(C)C)c(N)n1. The van der Waals surface area contributed by atoms with Crippen molar-refractivity contribution in [2.45, 2.75) is 26.7 Å². The number of anilines is 1. The zero-order valence-corrected chi connectivity index (χ0v) is 15.8. The Morgan fingerprint density at radius 2 is 1.82 bits per heavy atom. The maximum Gasteiger partial charge on any atom is 0.187 e. The first-order valence-corrected chi connectivity index (χ1v) is 8.64. The number of aromatic hydroxyl groups is 2. The molecule has 0 amide bonds. The van der Waals surface area contributed by atoms with E-state index in [1.165, 1.54) is 24.4 Å². The molecule has 0 aliphatic carbocycles. The molecule has 0 saturated carbocycles. The van der Waals surface area contributed by atoms with Crippen LogP contribution in [0.15, 0.2) is 36.7 Å². The van der Waals surface area contributed by atoms with Crippen LogP contribution in [-0.4, -0.2) is 25.2 Å². The molecule has 1 aromatic carbocycles. The lowest BCUT2D eigenvalue weighted by Gasteiger charge is -2.14. The summed E-state index contributed by atoms with van der Waals surface area (Å²) in [7, 11) is 0. The molecule has 2 heterocycles. The first kappa shape index (κ1) is 19.0. The van der Waals surface area contributed by atoms with E-state index in [2.05, 4.69) is 26.8 Å². The molecule has 0 bridgehead atoms. The molecular formula is C21H20N4O3. The molecule has 0 unspecified atom stereocenters. The van der Waals surface area contributed by atoms with Crippen LogP contribution in [-0.2, 0) is 0 Å². The third-order valence-corrected chi connectivity index (χ3v) is 3.95. The van der Waals surface area contributed by atoms with E-state index >= 15 is 0 Å². The molecule has 0 fully saturated rings. The summed E-state index contributed by atoms with van der Waals surface area (Å²) >= 11 is 0. The summed E-state index contributed by atoms with van der Waals surface area (Å²) in [6.45, 7) is 5.80. The number of benzene rings is 1. The van der Waals surface area contributed by atoms with Gasteiger partial charge in [-0.3, -0.25) is 0 Å². The van der Waals surface area contributed by atoms with E-state index in [0.717, 1.165) is 5.56 Å². The molecular weight excluding hydrogens is 356 g/mol. The first-order valence-electron chi connectivity index (χ1n) is 8.64. The van der Waals surface area contributed by atoms with Crippen LogP contribution in [0, 0.1) is 18.8 Å². The largest absolute Gasteiger partial charge is 0.508 e. The summed E-state index contributed by atoms with van der Waals surface area (Å²) in [4.78, 5) is 12.6. The minimum absolute atomic E-state index is 0.0314. The topological polar surface area (TPSA) is 114 Å². The van der Waals surface area contributed by atoms with Crippen molar-refractivity contribution >= 4 is 5.82 Å². The van der Waals surface area contributed by atoms with E-state index < -0.39 is 0 Å². The second-order valence-corrected chi connectivity index (χ2v) is 6.48. The van der Waals surface area contributed by atoms with E-state index in [1.807, 2.05) is 13.8 Å². The van der Waals surface area contributed by atoms with E-state index in [4.69, 9.17) is 10.5 Å². The lowest BCUT2D eigenvalue weighted by Crippen LogP contribution is -2.02. The molecule has 2 aromatic heterocycles. The maximum atomic E-state index is 9.85. The van der Waals surface area contributed by atoms with Crippen molar-refractivity contribution in [3.8, 4) is 34.8 Å². The van der Waals surface area contributed by atoms with E-state index in [1.54, 1.807) is 19.2 Å².